The van der Waals surface area contributed by atoms with Crippen molar-refractivity contribution in [3.8, 4) is 0 Å². The quantitative estimate of drug-likeness (QED) is 0.826. The Morgan fingerprint density at radius 2 is 1.87 bits per heavy atom. The Kier molecular flexibility index (Phi) is 6.43. The Bertz CT molecular complexity index is 849. The summed E-state index contributed by atoms with van der Waals surface area (Å²) in [5.74, 6) is 0.411. The van der Waals surface area contributed by atoms with Gasteiger partial charge in [0.25, 0.3) is 5.91 Å². The maximum atomic E-state index is 12.6. The topological polar surface area (TPSA) is 71.5 Å². The number of nitrogens with one attached hydrogen (secondary N) is 1. The van der Waals surface area contributed by atoms with Crippen molar-refractivity contribution in [2.45, 2.75) is 44.2 Å². The molecular formula is C24H29N3O3. The lowest BCUT2D eigenvalue weighted by Gasteiger charge is -2.46. The number of hydrogen-bond acceptors (Lipinski definition) is 4. The van der Waals surface area contributed by atoms with E-state index in [1.54, 1.807) is 12.3 Å². The molecule has 2 saturated heterocycles. The highest BCUT2D eigenvalue weighted by atomic mass is 16.5. The molecule has 1 unspecified atom stereocenters. The number of hydrogen-bond donors (Lipinski definition) is 1. The second-order valence-corrected chi connectivity index (χ2v) is 8.36. The van der Waals surface area contributed by atoms with Crippen LogP contribution in [0.4, 0.5) is 0 Å². The van der Waals surface area contributed by atoms with Crippen LogP contribution in [0.25, 0.3) is 0 Å². The molecule has 2 aromatic rings. The summed E-state index contributed by atoms with van der Waals surface area (Å²) >= 11 is 0. The largest absolute Gasteiger partial charge is 0.375 e. The maximum Gasteiger partial charge on any atom is 0.272 e. The SMILES string of the molecule is O=C(CC1CCOC2(CCN(C(=O)c3ccccn3)CC2)C1)NCc1ccccc1. The summed E-state index contributed by atoms with van der Waals surface area (Å²) < 4.78 is 6.20. The molecular weight excluding hydrogens is 378 g/mol. The summed E-state index contributed by atoms with van der Waals surface area (Å²) in [5, 5.41) is 3.04. The predicted octanol–water partition coefficient (Wildman–Crippen LogP) is 3.19. The van der Waals surface area contributed by atoms with E-state index in [0.717, 1.165) is 31.2 Å². The van der Waals surface area contributed by atoms with Crippen LogP contribution in [0.5, 0.6) is 0 Å². The zero-order chi connectivity index (χ0) is 20.8. The fraction of sp³-hybridized carbons (Fsp3) is 0.458. The molecule has 0 saturated carbocycles. The molecule has 2 aliphatic rings. The molecule has 0 bridgehead atoms. The fourth-order valence-electron chi connectivity index (χ4n) is 4.55. The number of likely N-dealkylation sites (tertiary alicyclic amines) is 1. The maximum absolute atomic E-state index is 12.6. The Hall–Kier alpha value is -2.73. The summed E-state index contributed by atoms with van der Waals surface area (Å²) in [4.78, 5) is 31.1. The molecule has 6 nitrogen and oxygen atoms in total. The number of ether oxygens (including phenoxy) is 1. The number of piperidine rings is 1. The lowest BCUT2D eigenvalue weighted by atomic mass is 9.78. The van der Waals surface area contributed by atoms with Gasteiger partial charge in [-0.3, -0.25) is 14.6 Å². The van der Waals surface area contributed by atoms with Crippen molar-refractivity contribution in [1.82, 2.24) is 15.2 Å². The van der Waals surface area contributed by atoms with Gasteiger partial charge in [-0.15, -0.1) is 0 Å². The lowest BCUT2D eigenvalue weighted by Crippen LogP contribution is -2.51. The van der Waals surface area contributed by atoms with Gasteiger partial charge in [0.05, 0.1) is 5.60 Å². The van der Waals surface area contributed by atoms with Gasteiger partial charge in [0.2, 0.25) is 5.91 Å². The number of nitrogens with zero attached hydrogens (tertiary/aromatic N) is 2. The summed E-state index contributed by atoms with van der Waals surface area (Å²) in [7, 11) is 0. The summed E-state index contributed by atoms with van der Waals surface area (Å²) in [6.07, 6.45) is 5.61. The highest BCUT2D eigenvalue weighted by Gasteiger charge is 2.41. The number of benzene rings is 1. The third-order valence-electron chi connectivity index (χ3n) is 6.25. The van der Waals surface area contributed by atoms with E-state index in [9.17, 15) is 9.59 Å². The third-order valence-corrected chi connectivity index (χ3v) is 6.25. The molecule has 158 valence electrons. The molecule has 1 atom stereocenters. The Balaban J connectivity index is 1.26. The molecule has 3 heterocycles. The van der Waals surface area contributed by atoms with Crippen LogP contribution >= 0.6 is 0 Å². The van der Waals surface area contributed by atoms with Gasteiger partial charge in [0, 0.05) is 38.9 Å². The molecule has 2 amide bonds. The lowest BCUT2D eigenvalue weighted by molar-refractivity contribution is -0.134. The number of aromatic nitrogens is 1. The highest BCUT2D eigenvalue weighted by molar-refractivity contribution is 5.92. The normalized spacial score (nSPS) is 20.7. The van der Waals surface area contributed by atoms with Crippen LogP contribution in [0.2, 0.25) is 0 Å². The molecule has 4 rings (SSSR count). The molecule has 2 fully saturated rings. The highest BCUT2D eigenvalue weighted by Crippen LogP contribution is 2.39. The van der Waals surface area contributed by atoms with E-state index in [-0.39, 0.29) is 17.4 Å². The van der Waals surface area contributed by atoms with Crippen molar-refractivity contribution < 1.29 is 14.3 Å². The van der Waals surface area contributed by atoms with Gasteiger partial charge in [0.15, 0.2) is 0 Å². The van der Waals surface area contributed by atoms with E-state index in [1.807, 2.05) is 47.4 Å². The zero-order valence-corrected chi connectivity index (χ0v) is 17.3. The van der Waals surface area contributed by atoms with Crippen LogP contribution in [-0.4, -0.2) is 47.0 Å². The minimum Gasteiger partial charge on any atom is -0.375 e. The predicted molar refractivity (Wildman–Crippen MR) is 114 cm³/mol. The van der Waals surface area contributed by atoms with Gasteiger partial charge in [-0.05, 0) is 49.3 Å². The second-order valence-electron chi connectivity index (χ2n) is 8.36. The first-order valence-electron chi connectivity index (χ1n) is 10.8. The van der Waals surface area contributed by atoms with Crippen LogP contribution in [-0.2, 0) is 16.1 Å². The van der Waals surface area contributed by atoms with E-state index in [1.165, 1.54) is 0 Å². The number of carbonyl (C=O) groups is 2. The number of carbonyl (C=O) groups excluding carboxylic acids is 2. The van der Waals surface area contributed by atoms with Crippen molar-refractivity contribution in [3.63, 3.8) is 0 Å². The van der Waals surface area contributed by atoms with Gasteiger partial charge in [0.1, 0.15) is 5.69 Å². The van der Waals surface area contributed by atoms with Gasteiger partial charge >= 0.3 is 0 Å². The Morgan fingerprint density at radius 1 is 1.10 bits per heavy atom. The second kappa shape index (κ2) is 9.39. The molecule has 0 aliphatic carbocycles. The van der Waals surface area contributed by atoms with E-state index in [0.29, 0.717) is 44.3 Å². The van der Waals surface area contributed by atoms with Gasteiger partial charge in [-0.1, -0.05) is 36.4 Å². The summed E-state index contributed by atoms with van der Waals surface area (Å²) in [6.45, 7) is 2.59. The molecule has 0 radical (unpaired) electrons. The van der Waals surface area contributed by atoms with Gasteiger partial charge in [-0.2, -0.15) is 0 Å². The minimum atomic E-state index is -0.205. The van der Waals surface area contributed by atoms with Crippen LogP contribution < -0.4 is 5.32 Å². The first-order chi connectivity index (χ1) is 14.6. The molecule has 1 spiro atoms. The van der Waals surface area contributed by atoms with Crippen LogP contribution in [0.1, 0.15) is 48.2 Å². The van der Waals surface area contributed by atoms with E-state index in [2.05, 4.69) is 10.3 Å². The number of pyridine rings is 1. The molecule has 1 N–H and O–H groups in total. The first-order valence-corrected chi connectivity index (χ1v) is 10.8. The van der Waals surface area contributed by atoms with Crippen molar-refractivity contribution in [3.05, 3.63) is 66.0 Å². The Labute approximate surface area is 177 Å². The average Bonchev–Trinajstić information content (AvgIpc) is 2.79. The monoisotopic (exact) mass is 407 g/mol. The van der Waals surface area contributed by atoms with Crippen molar-refractivity contribution in [2.24, 2.45) is 5.92 Å². The Morgan fingerprint density at radius 3 is 2.60 bits per heavy atom. The van der Waals surface area contributed by atoms with Crippen molar-refractivity contribution >= 4 is 11.8 Å². The van der Waals surface area contributed by atoms with Crippen molar-refractivity contribution in [1.29, 1.82) is 0 Å². The molecule has 1 aromatic heterocycles. The molecule has 30 heavy (non-hydrogen) atoms. The van der Waals surface area contributed by atoms with Crippen LogP contribution in [0.15, 0.2) is 54.7 Å². The van der Waals surface area contributed by atoms with E-state index >= 15 is 0 Å². The fourth-order valence-corrected chi connectivity index (χ4v) is 4.55. The smallest absolute Gasteiger partial charge is 0.272 e. The van der Waals surface area contributed by atoms with Gasteiger partial charge in [-0.25, -0.2) is 0 Å². The molecule has 1 aromatic carbocycles. The standard InChI is InChI=1S/C24H29N3O3/c28-22(26-18-19-6-2-1-3-7-19)16-20-9-15-30-24(17-20)10-13-27(14-11-24)23(29)21-8-4-5-12-25-21/h1-8,12,20H,9-11,13-18H2,(H,26,28). The average molecular weight is 408 g/mol. The van der Waals surface area contributed by atoms with Crippen LogP contribution in [0, 0.1) is 5.92 Å². The summed E-state index contributed by atoms with van der Waals surface area (Å²) in [5.41, 5.74) is 1.40. The van der Waals surface area contributed by atoms with E-state index < -0.39 is 0 Å². The van der Waals surface area contributed by atoms with Crippen LogP contribution in [0.3, 0.4) is 0 Å². The number of amides is 2. The minimum absolute atomic E-state index is 0.0156. The third kappa shape index (κ3) is 5.05. The first kappa shape index (κ1) is 20.5. The number of rotatable bonds is 5. The van der Waals surface area contributed by atoms with E-state index in [4.69, 9.17) is 4.74 Å². The van der Waals surface area contributed by atoms with Gasteiger partial charge < -0.3 is 15.0 Å². The zero-order valence-electron chi connectivity index (χ0n) is 17.3. The molecule has 2 aliphatic heterocycles. The van der Waals surface area contributed by atoms with Crippen molar-refractivity contribution in [2.75, 3.05) is 19.7 Å². The molecule has 6 heteroatoms. The summed E-state index contributed by atoms with van der Waals surface area (Å²) in [6, 6.07) is 15.4.